The third-order valence-electron chi connectivity index (χ3n) is 6.47. The normalized spacial score (nSPS) is 15.7. The zero-order valence-corrected chi connectivity index (χ0v) is 22.2. The highest BCUT2D eigenvalue weighted by Crippen LogP contribution is 2.33. The number of aromatic nitrogens is 2. The number of benzene rings is 2. The van der Waals surface area contributed by atoms with Crippen molar-refractivity contribution in [1.29, 1.82) is 0 Å². The molecule has 0 unspecified atom stereocenters. The van der Waals surface area contributed by atoms with Crippen molar-refractivity contribution in [3.63, 3.8) is 0 Å². The number of piperazine rings is 1. The van der Waals surface area contributed by atoms with Gasteiger partial charge in [0.05, 0.1) is 36.0 Å². The van der Waals surface area contributed by atoms with Gasteiger partial charge in [0.25, 0.3) is 0 Å². The van der Waals surface area contributed by atoms with E-state index in [1.807, 2.05) is 49.4 Å². The fourth-order valence-corrected chi connectivity index (χ4v) is 5.34. The largest absolute Gasteiger partial charge is 0.497 e. The topological polar surface area (TPSA) is 93.3 Å². The van der Waals surface area contributed by atoms with Crippen LogP contribution in [0.3, 0.4) is 0 Å². The fourth-order valence-electron chi connectivity index (χ4n) is 4.53. The summed E-state index contributed by atoms with van der Waals surface area (Å²) in [7, 11) is 3.26. The van der Waals surface area contributed by atoms with E-state index in [2.05, 4.69) is 19.9 Å². The van der Waals surface area contributed by atoms with Crippen molar-refractivity contribution >= 4 is 21.6 Å². The van der Waals surface area contributed by atoms with Crippen LogP contribution in [0.1, 0.15) is 10.8 Å². The Kier molecular flexibility index (Phi) is 7.90. The summed E-state index contributed by atoms with van der Waals surface area (Å²) in [6, 6.07) is 13.5. The zero-order valence-electron chi connectivity index (χ0n) is 21.3. The van der Waals surface area contributed by atoms with E-state index in [-0.39, 0.29) is 6.61 Å². The van der Waals surface area contributed by atoms with Crippen LogP contribution >= 0.6 is 11.3 Å². The second-order valence-electron chi connectivity index (χ2n) is 9.15. The number of thiazole rings is 1. The Hall–Kier alpha value is -3.18. The highest BCUT2D eigenvalue weighted by molar-refractivity contribution is 7.18. The van der Waals surface area contributed by atoms with Crippen LogP contribution in [0.25, 0.3) is 21.5 Å². The Bertz CT molecular complexity index is 1330. The average Bonchev–Trinajstić information content (AvgIpc) is 3.53. The molecule has 10 heteroatoms. The molecule has 3 heterocycles. The molecule has 9 nitrogen and oxygen atoms in total. The third-order valence-corrected chi connectivity index (χ3v) is 7.42. The third kappa shape index (κ3) is 6.22. The summed E-state index contributed by atoms with van der Waals surface area (Å²) < 4.78 is 23.4. The molecule has 0 spiro atoms. The number of nitrogens with zero attached hydrogens (tertiary/aromatic N) is 4. The van der Waals surface area contributed by atoms with Gasteiger partial charge >= 0.3 is 0 Å². The maximum atomic E-state index is 10.5. The van der Waals surface area contributed by atoms with Gasteiger partial charge in [0.2, 0.25) is 0 Å². The quantitative estimate of drug-likeness (QED) is 0.332. The molecule has 2 aromatic heterocycles. The molecular formula is C27H32N4O5S. The Labute approximate surface area is 220 Å². The first kappa shape index (κ1) is 25.5. The van der Waals surface area contributed by atoms with E-state index in [9.17, 15) is 5.11 Å². The fraction of sp³-hybridized carbons (Fsp3) is 0.407. The number of hydrogen-bond acceptors (Lipinski definition) is 10. The van der Waals surface area contributed by atoms with Gasteiger partial charge in [-0.25, -0.2) is 4.98 Å². The van der Waals surface area contributed by atoms with Gasteiger partial charge in [-0.3, -0.25) is 9.80 Å². The van der Waals surface area contributed by atoms with Crippen LogP contribution in [0.15, 0.2) is 47.0 Å². The number of aliphatic hydroxyl groups is 1. The minimum atomic E-state index is -0.560. The number of ether oxygens (including phenoxy) is 3. The van der Waals surface area contributed by atoms with Gasteiger partial charge in [0.1, 0.15) is 35.7 Å². The predicted octanol–water partition coefficient (Wildman–Crippen LogP) is 3.83. The minimum Gasteiger partial charge on any atom is -0.497 e. The lowest BCUT2D eigenvalue weighted by Crippen LogP contribution is -2.48. The lowest BCUT2D eigenvalue weighted by molar-refractivity contribution is 0.0430. The molecule has 1 aliphatic heterocycles. The van der Waals surface area contributed by atoms with Crippen molar-refractivity contribution in [3.8, 4) is 28.5 Å². The number of rotatable bonds is 10. The number of aliphatic hydroxyl groups excluding tert-OH is 1. The first-order valence-electron chi connectivity index (χ1n) is 12.3. The maximum absolute atomic E-state index is 10.5. The molecule has 2 aromatic carbocycles. The summed E-state index contributed by atoms with van der Waals surface area (Å²) in [5.74, 6) is 2.96. The summed E-state index contributed by atoms with van der Waals surface area (Å²) in [6.45, 7) is 7.02. The minimum absolute atomic E-state index is 0.254. The van der Waals surface area contributed by atoms with Gasteiger partial charge < -0.3 is 23.8 Å². The van der Waals surface area contributed by atoms with Crippen LogP contribution in [0, 0.1) is 6.92 Å². The number of methoxy groups -OCH3 is 2. The van der Waals surface area contributed by atoms with E-state index in [1.54, 1.807) is 25.6 Å². The number of hydrogen-bond donors (Lipinski definition) is 1. The van der Waals surface area contributed by atoms with Crippen molar-refractivity contribution in [2.24, 2.45) is 0 Å². The summed E-state index contributed by atoms with van der Waals surface area (Å²) in [5.41, 5.74) is 2.54. The van der Waals surface area contributed by atoms with Crippen LogP contribution in [0.2, 0.25) is 0 Å². The molecule has 4 aromatic rings. The highest BCUT2D eigenvalue weighted by Gasteiger charge is 2.21. The molecule has 1 aliphatic rings. The Morgan fingerprint density at radius 1 is 1.00 bits per heavy atom. The molecule has 37 heavy (non-hydrogen) atoms. The van der Waals surface area contributed by atoms with E-state index in [4.69, 9.17) is 18.7 Å². The van der Waals surface area contributed by atoms with Crippen LogP contribution < -0.4 is 14.2 Å². The van der Waals surface area contributed by atoms with E-state index in [0.29, 0.717) is 18.8 Å². The van der Waals surface area contributed by atoms with Crippen LogP contribution in [0.4, 0.5) is 0 Å². The summed E-state index contributed by atoms with van der Waals surface area (Å²) >= 11 is 1.67. The molecule has 1 atom stereocenters. The first-order valence-corrected chi connectivity index (χ1v) is 13.1. The SMILES string of the molecule is COc1ccc(-c2cc(CN3CCN(C[C@H](O)COc4ccc5sc(C)nc5c4)CC3)on2)c(OC)c1. The van der Waals surface area contributed by atoms with E-state index >= 15 is 0 Å². The van der Waals surface area contributed by atoms with Crippen molar-refractivity contribution in [3.05, 3.63) is 53.2 Å². The highest BCUT2D eigenvalue weighted by atomic mass is 32.1. The van der Waals surface area contributed by atoms with Gasteiger partial charge in [-0.2, -0.15) is 0 Å². The van der Waals surface area contributed by atoms with E-state index in [1.165, 1.54) is 0 Å². The molecule has 5 rings (SSSR count). The van der Waals surface area contributed by atoms with Crippen molar-refractivity contribution in [2.75, 3.05) is 53.6 Å². The molecule has 0 radical (unpaired) electrons. The Morgan fingerprint density at radius 2 is 1.78 bits per heavy atom. The van der Waals surface area contributed by atoms with Gasteiger partial charge in [-0.05, 0) is 31.2 Å². The van der Waals surface area contributed by atoms with E-state index < -0.39 is 6.10 Å². The lowest BCUT2D eigenvalue weighted by Gasteiger charge is -2.35. The van der Waals surface area contributed by atoms with Crippen molar-refractivity contribution in [1.82, 2.24) is 19.9 Å². The Balaban J connectivity index is 1.08. The van der Waals surface area contributed by atoms with E-state index in [0.717, 1.165) is 69.9 Å². The van der Waals surface area contributed by atoms with Gasteiger partial charge in [-0.1, -0.05) is 5.16 Å². The second kappa shape index (κ2) is 11.5. The predicted molar refractivity (Wildman–Crippen MR) is 143 cm³/mol. The monoisotopic (exact) mass is 524 g/mol. The molecule has 1 N–H and O–H groups in total. The number of β-amino-alcohol motifs (C(OH)–C–C–N with tert-alkyl or cyclic N) is 1. The van der Waals surface area contributed by atoms with Gasteiger partial charge in [-0.15, -0.1) is 11.3 Å². The molecule has 0 amide bonds. The standard InChI is InChI=1S/C27H32N4O5S/c1-18-28-25-12-21(5-7-27(25)37-18)35-17-19(32)15-30-8-10-31(11-9-30)16-22-13-24(29-36-22)23-6-4-20(33-2)14-26(23)34-3/h4-7,12-14,19,32H,8-11,15-17H2,1-3H3/t19-/m0/s1. The molecule has 1 fully saturated rings. The average molecular weight is 525 g/mol. The van der Waals surface area contributed by atoms with Crippen molar-refractivity contribution < 1.29 is 23.8 Å². The zero-order chi connectivity index (χ0) is 25.8. The van der Waals surface area contributed by atoms with Crippen LogP contribution in [0.5, 0.6) is 17.2 Å². The number of aryl methyl sites for hydroxylation is 1. The first-order chi connectivity index (χ1) is 18.0. The summed E-state index contributed by atoms with van der Waals surface area (Å²) in [4.78, 5) is 9.11. The molecule has 196 valence electrons. The van der Waals surface area contributed by atoms with Crippen molar-refractivity contribution in [2.45, 2.75) is 19.6 Å². The molecular weight excluding hydrogens is 492 g/mol. The number of fused-ring (bicyclic) bond motifs is 1. The Morgan fingerprint density at radius 3 is 2.57 bits per heavy atom. The van der Waals surface area contributed by atoms with Gasteiger partial charge in [0, 0.05) is 56.5 Å². The van der Waals surface area contributed by atoms with Crippen LogP contribution in [-0.2, 0) is 6.54 Å². The molecule has 1 saturated heterocycles. The van der Waals surface area contributed by atoms with Crippen LogP contribution in [-0.4, -0.2) is 84.7 Å². The summed E-state index contributed by atoms with van der Waals surface area (Å²) in [5, 5.41) is 15.8. The second-order valence-corrected chi connectivity index (χ2v) is 10.4. The molecule has 0 aliphatic carbocycles. The smallest absolute Gasteiger partial charge is 0.151 e. The molecule has 0 saturated carbocycles. The maximum Gasteiger partial charge on any atom is 0.151 e. The van der Waals surface area contributed by atoms with Gasteiger partial charge in [0.15, 0.2) is 5.76 Å². The summed E-state index contributed by atoms with van der Waals surface area (Å²) in [6.07, 6.45) is -0.560. The lowest BCUT2D eigenvalue weighted by atomic mass is 10.1. The molecule has 0 bridgehead atoms.